The van der Waals surface area contributed by atoms with Gasteiger partial charge < -0.3 is 11.1 Å². The zero-order valence-corrected chi connectivity index (χ0v) is 13.1. The molecule has 5 nitrogen and oxygen atoms in total. The summed E-state index contributed by atoms with van der Waals surface area (Å²) >= 11 is 0. The van der Waals surface area contributed by atoms with Gasteiger partial charge in [-0.2, -0.15) is 0 Å². The number of nitrogens with two attached hydrogens (primary N) is 1. The summed E-state index contributed by atoms with van der Waals surface area (Å²) in [6.07, 6.45) is 4.64. The Morgan fingerprint density at radius 2 is 2.00 bits per heavy atom. The van der Waals surface area contributed by atoms with Gasteiger partial charge in [-0.25, -0.2) is 8.42 Å². The van der Waals surface area contributed by atoms with Crippen LogP contribution >= 0.6 is 12.4 Å². The molecule has 0 aromatic rings. The second-order valence-corrected chi connectivity index (χ2v) is 7.23. The molecule has 0 bridgehead atoms. The van der Waals surface area contributed by atoms with Crippen LogP contribution in [0.1, 0.15) is 39.0 Å². The van der Waals surface area contributed by atoms with Crippen molar-refractivity contribution in [1.29, 1.82) is 0 Å². The molecule has 3 N–H and O–H groups in total. The normalized spacial score (nSPS) is 16.5. The lowest BCUT2D eigenvalue weighted by Gasteiger charge is -2.15. The maximum atomic E-state index is 11.7. The molecular formula is C12H25ClN2O3S. The van der Waals surface area contributed by atoms with Gasteiger partial charge in [0.1, 0.15) is 5.75 Å². The lowest BCUT2D eigenvalue weighted by molar-refractivity contribution is -0.119. The summed E-state index contributed by atoms with van der Waals surface area (Å²) in [6, 6.07) is -0.0525. The molecule has 1 saturated carbocycles. The minimum Gasteiger partial charge on any atom is -0.351 e. The van der Waals surface area contributed by atoms with Gasteiger partial charge >= 0.3 is 0 Å². The van der Waals surface area contributed by atoms with Crippen molar-refractivity contribution in [1.82, 2.24) is 5.32 Å². The Bertz CT molecular complexity index is 369. The molecule has 114 valence electrons. The molecule has 1 amide bonds. The smallest absolute Gasteiger partial charge is 0.235 e. The summed E-state index contributed by atoms with van der Waals surface area (Å²) in [6.45, 7) is 2.40. The average Bonchev–Trinajstić information content (AvgIpc) is 3.09. The van der Waals surface area contributed by atoms with Crippen molar-refractivity contribution < 1.29 is 13.2 Å². The Labute approximate surface area is 122 Å². The highest BCUT2D eigenvalue weighted by Gasteiger charge is 2.31. The molecule has 1 unspecified atom stereocenters. The third-order valence-corrected chi connectivity index (χ3v) is 4.81. The van der Waals surface area contributed by atoms with Crippen LogP contribution in [0.5, 0.6) is 0 Å². The fourth-order valence-electron chi connectivity index (χ4n) is 1.96. The molecule has 0 radical (unpaired) electrons. The monoisotopic (exact) mass is 312 g/mol. The molecule has 0 heterocycles. The predicted octanol–water partition coefficient (Wildman–Crippen LogP) is 0.867. The molecule has 19 heavy (non-hydrogen) atoms. The van der Waals surface area contributed by atoms with E-state index in [2.05, 4.69) is 5.32 Å². The first-order valence-corrected chi connectivity index (χ1v) is 8.50. The Kier molecular flexibility index (Phi) is 8.61. The number of halogens is 1. The van der Waals surface area contributed by atoms with Crippen LogP contribution in [0.2, 0.25) is 0 Å². The highest BCUT2D eigenvalue weighted by Crippen LogP contribution is 2.32. The average molecular weight is 313 g/mol. The Morgan fingerprint density at radius 1 is 1.37 bits per heavy atom. The van der Waals surface area contributed by atoms with E-state index < -0.39 is 21.5 Å². The van der Waals surface area contributed by atoms with Crippen molar-refractivity contribution in [3.8, 4) is 0 Å². The van der Waals surface area contributed by atoms with Gasteiger partial charge in [-0.05, 0) is 25.2 Å². The van der Waals surface area contributed by atoms with E-state index in [1.807, 2.05) is 6.92 Å². The summed E-state index contributed by atoms with van der Waals surface area (Å²) in [4.78, 5) is 11.6. The van der Waals surface area contributed by atoms with E-state index in [9.17, 15) is 13.2 Å². The maximum absolute atomic E-state index is 11.7. The first-order chi connectivity index (χ1) is 8.48. The van der Waals surface area contributed by atoms with Gasteiger partial charge in [0.15, 0.2) is 9.84 Å². The number of carbonyl (C=O) groups excluding carboxylic acids is 1. The van der Waals surface area contributed by atoms with E-state index in [1.165, 1.54) is 0 Å². The zero-order chi connectivity index (χ0) is 13.6. The number of hydrogen-bond donors (Lipinski definition) is 2. The van der Waals surface area contributed by atoms with E-state index in [4.69, 9.17) is 5.73 Å². The standard InChI is InChI=1S/C12H24N2O3S.ClH/c1-2-3-4-7-18(16,17)9-12(15)14-11(8-13)10-5-6-10;/h10-11H,2-9,13H2,1H3,(H,14,15);1H. The zero-order valence-electron chi connectivity index (χ0n) is 11.4. The van der Waals surface area contributed by atoms with Gasteiger partial charge in [0.25, 0.3) is 0 Å². The van der Waals surface area contributed by atoms with E-state index >= 15 is 0 Å². The first kappa shape index (κ1) is 18.7. The number of carbonyl (C=O) groups is 1. The number of unbranched alkanes of at least 4 members (excludes halogenated alkanes) is 2. The maximum Gasteiger partial charge on any atom is 0.235 e. The van der Waals surface area contributed by atoms with Crippen LogP contribution < -0.4 is 11.1 Å². The Morgan fingerprint density at radius 3 is 2.47 bits per heavy atom. The quantitative estimate of drug-likeness (QED) is 0.618. The predicted molar refractivity (Wildman–Crippen MR) is 79.1 cm³/mol. The topological polar surface area (TPSA) is 89.3 Å². The van der Waals surface area contributed by atoms with E-state index in [0.717, 1.165) is 25.7 Å². The molecule has 7 heteroatoms. The van der Waals surface area contributed by atoms with Crippen molar-refractivity contribution in [3.63, 3.8) is 0 Å². The summed E-state index contributed by atoms with van der Waals surface area (Å²) in [7, 11) is -3.27. The van der Waals surface area contributed by atoms with Crippen LogP contribution in [-0.4, -0.2) is 38.4 Å². The summed E-state index contributed by atoms with van der Waals surface area (Å²) < 4.78 is 23.4. The number of rotatable bonds is 9. The number of nitrogens with one attached hydrogen (secondary N) is 1. The SMILES string of the molecule is CCCCCS(=O)(=O)CC(=O)NC(CN)C1CC1.Cl. The van der Waals surface area contributed by atoms with Crippen molar-refractivity contribution in [3.05, 3.63) is 0 Å². The molecular weight excluding hydrogens is 288 g/mol. The molecule has 1 aliphatic rings. The number of amides is 1. The lowest BCUT2D eigenvalue weighted by Crippen LogP contribution is -2.44. The van der Waals surface area contributed by atoms with Gasteiger partial charge in [0.05, 0.1) is 5.75 Å². The fourth-order valence-corrected chi connectivity index (χ4v) is 3.23. The second-order valence-electron chi connectivity index (χ2n) is 5.05. The van der Waals surface area contributed by atoms with E-state index in [-0.39, 0.29) is 24.2 Å². The lowest BCUT2D eigenvalue weighted by atomic mass is 10.2. The summed E-state index contributed by atoms with van der Waals surface area (Å²) in [5.41, 5.74) is 5.56. The highest BCUT2D eigenvalue weighted by atomic mass is 35.5. The third-order valence-electron chi connectivity index (χ3n) is 3.20. The van der Waals surface area contributed by atoms with Crippen LogP contribution in [0.15, 0.2) is 0 Å². The molecule has 1 fully saturated rings. The molecule has 0 saturated heterocycles. The van der Waals surface area contributed by atoms with Crippen LogP contribution in [-0.2, 0) is 14.6 Å². The first-order valence-electron chi connectivity index (χ1n) is 6.68. The third kappa shape index (κ3) is 7.74. The minimum atomic E-state index is -3.27. The van der Waals surface area contributed by atoms with E-state index in [1.54, 1.807) is 0 Å². The molecule has 1 atom stereocenters. The molecule has 1 aliphatic carbocycles. The van der Waals surface area contributed by atoms with Gasteiger partial charge in [-0.3, -0.25) is 4.79 Å². The molecule has 0 spiro atoms. The largest absolute Gasteiger partial charge is 0.351 e. The highest BCUT2D eigenvalue weighted by molar-refractivity contribution is 7.92. The Hall–Kier alpha value is -0.330. The molecule has 1 rings (SSSR count). The van der Waals surface area contributed by atoms with Crippen molar-refractivity contribution >= 4 is 28.2 Å². The summed E-state index contributed by atoms with van der Waals surface area (Å²) in [5, 5.41) is 2.73. The van der Waals surface area contributed by atoms with Crippen LogP contribution in [0.25, 0.3) is 0 Å². The summed E-state index contributed by atoms with van der Waals surface area (Å²) in [5.74, 6) is -0.263. The molecule has 0 aliphatic heterocycles. The van der Waals surface area contributed by atoms with Gasteiger partial charge in [0, 0.05) is 12.6 Å². The second kappa shape index (κ2) is 8.76. The van der Waals surface area contributed by atoms with E-state index in [0.29, 0.717) is 18.9 Å². The molecule has 0 aromatic carbocycles. The Balaban J connectivity index is 0.00000324. The fraction of sp³-hybridized carbons (Fsp3) is 0.917. The van der Waals surface area contributed by atoms with Crippen LogP contribution in [0.3, 0.4) is 0 Å². The van der Waals surface area contributed by atoms with Crippen molar-refractivity contribution in [2.45, 2.75) is 45.1 Å². The van der Waals surface area contributed by atoms with Crippen molar-refractivity contribution in [2.24, 2.45) is 11.7 Å². The van der Waals surface area contributed by atoms with Crippen LogP contribution in [0.4, 0.5) is 0 Å². The van der Waals surface area contributed by atoms with Crippen LogP contribution in [0, 0.1) is 5.92 Å². The van der Waals surface area contributed by atoms with Crippen molar-refractivity contribution in [2.75, 3.05) is 18.1 Å². The minimum absolute atomic E-state index is 0. The number of sulfone groups is 1. The van der Waals surface area contributed by atoms with Gasteiger partial charge in [0.2, 0.25) is 5.91 Å². The molecule has 0 aromatic heterocycles. The van der Waals surface area contributed by atoms with Gasteiger partial charge in [-0.15, -0.1) is 12.4 Å². The van der Waals surface area contributed by atoms with Gasteiger partial charge in [-0.1, -0.05) is 19.8 Å². The number of hydrogen-bond acceptors (Lipinski definition) is 4.